The molecule has 2 N–H and O–H groups in total. The number of hydrogen-bond acceptors (Lipinski definition) is 2. The maximum atomic E-state index is 14.1. The first kappa shape index (κ1) is 23.7. The molecule has 1 aliphatic rings. The van der Waals surface area contributed by atoms with E-state index >= 15 is 0 Å². The van der Waals surface area contributed by atoms with Gasteiger partial charge in [0.05, 0.1) is 11.6 Å². The molecule has 150 valence electrons. The van der Waals surface area contributed by atoms with Crippen molar-refractivity contribution in [1.29, 1.82) is 0 Å². The van der Waals surface area contributed by atoms with Crippen molar-refractivity contribution in [2.75, 3.05) is 6.54 Å². The number of benzene rings is 2. The smallest absolute Gasteiger partial charge is 0.268 e. The zero-order valence-electron chi connectivity index (χ0n) is 14.5. The Bertz CT molecular complexity index is 725. The maximum absolute atomic E-state index is 14.1. The van der Waals surface area contributed by atoms with Crippen LogP contribution in [0.2, 0.25) is 0 Å². The number of alkyl halides is 3. The number of nitrogens with zero attached hydrogens (tertiary/aromatic N) is 1. The largest absolute Gasteiger partial charge is 0.416 e. The zero-order valence-corrected chi connectivity index (χ0v) is 16.1. The summed E-state index contributed by atoms with van der Waals surface area (Å²) in [5.74, 6) is 5.51. The van der Waals surface area contributed by atoms with Crippen molar-refractivity contribution >= 4 is 24.8 Å². The van der Waals surface area contributed by atoms with E-state index in [0.717, 1.165) is 36.6 Å². The van der Waals surface area contributed by atoms with Gasteiger partial charge in [0.2, 0.25) is 0 Å². The third kappa shape index (κ3) is 5.57. The molecule has 2 atom stereocenters. The molecule has 2 nitrogen and oxygen atoms in total. The van der Waals surface area contributed by atoms with Crippen molar-refractivity contribution in [3.05, 3.63) is 71.0 Å². The molecule has 0 unspecified atom stereocenters. The number of piperidine rings is 1. The van der Waals surface area contributed by atoms with Crippen LogP contribution in [0, 0.1) is 11.7 Å². The van der Waals surface area contributed by atoms with Crippen LogP contribution in [0.4, 0.5) is 17.6 Å². The molecule has 0 radical (unpaired) electrons. The zero-order chi connectivity index (χ0) is 18.0. The molecule has 0 aromatic heterocycles. The van der Waals surface area contributed by atoms with Gasteiger partial charge < -0.3 is 0 Å². The number of nitrogens with two attached hydrogens (primary N) is 1. The molecular formula is C19H22Cl2F4N2. The third-order valence-electron chi connectivity index (χ3n) is 4.79. The molecule has 0 saturated carbocycles. The lowest BCUT2D eigenvalue weighted by Crippen LogP contribution is -2.44. The number of rotatable bonds is 3. The second-order valence-electron chi connectivity index (χ2n) is 6.50. The van der Waals surface area contributed by atoms with E-state index in [4.69, 9.17) is 5.84 Å². The SMILES string of the molecule is Cl.Cl.NN1CCC[C@@H](Cc2cc(C(F)(F)F)ccc2F)[C@H]1c1ccccc1. The van der Waals surface area contributed by atoms with Gasteiger partial charge in [-0.05, 0) is 54.5 Å². The first-order chi connectivity index (χ1) is 11.9. The van der Waals surface area contributed by atoms with Gasteiger partial charge in [0.15, 0.2) is 0 Å². The van der Waals surface area contributed by atoms with Gasteiger partial charge >= 0.3 is 6.18 Å². The molecule has 0 aliphatic carbocycles. The van der Waals surface area contributed by atoms with Gasteiger partial charge in [-0.1, -0.05) is 30.3 Å². The summed E-state index contributed by atoms with van der Waals surface area (Å²) in [6.45, 7) is 0.709. The standard InChI is InChI=1S/C19H20F4N2.2ClH/c20-17-9-8-16(19(21,22)23)12-15(17)11-14-7-4-10-25(24)18(14)13-5-2-1-3-6-13;;/h1-3,5-6,8-9,12,14,18H,4,7,10-11,24H2;2*1H/t14-,18+;;/m0../s1. The lowest BCUT2D eigenvalue weighted by molar-refractivity contribution is -0.137. The van der Waals surface area contributed by atoms with E-state index < -0.39 is 17.6 Å². The average molecular weight is 425 g/mol. The Morgan fingerprint density at radius 1 is 1.04 bits per heavy atom. The minimum absolute atomic E-state index is 0. The van der Waals surface area contributed by atoms with Gasteiger partial charge in [0.25, 0.3) is 0 Å². The highest BCUT2D eigenvalue weighted by atomic mass is 35.5. The lowest BCUT2D eigenvalue weighted by Gasteiger charge is -2.39. The molecular weight excluding hydrogens is 403 g/mol. The lowest BCUT2D eigenvalue weighted by atomic mass is 9.81. The van der Waals surface area contributed by atoms with Gasteiger partial charge in [0, 0.05) is 6.54 Å². The summed E-state index contributed by atoms with van der Waals surface area (Å²) in [7, 11) is 0. The monoisotopic (exact) mass is 424 g/mol. The first-order valence-corrected chi connectivity index (χ1v) is 8.28. The van der Waals surface area contributed by atoms with E-state index in [-0.39, 0.29) is 48.8 Å². The van der Waals surface area contributed by atoms with Crippen molar-refractivity contribution < 1.29 is 17.6 Å². The third-order valence-corrected chi connectivity index (χ3v) is 4.79. The van der Waals surface area contributed by atoms with Crippen molar-refractivity contribution in [3.63, 3.8) is 0 Å². The number of halogens is 6. The molecule has 8 heteroatoms. The summed E-state index contributed by atoms with van der Waals surface area (Å²) < 4.78 is 52.9. The fraction of sp³-hybridized carbons (Fsp3) is 0.368. The molecule has 3 rings (SSSR count). The van der Waals surface area contributed by atoms with Crippen LogP contribution in [0.5, 0.6) is 0 Å². The topological polar surface area (TPSA) is 29.3 Å². The van der Waals surface area contributed by atoms with Crippen LogP contribution in [0.1, 0.15) is 35.6 Å². The Kier molecular flexibility index (Phi) is 8.54. The van der Waals surface area contributed by atoms with Crippen LogP contribution in [0.15, 0.2) is 48.5 Å². The van der Waals surface area contributed by atoms with Crippen LogP contribution in [-0.4, -0.2) is 11.6 Å². The van der Waals surface area contributed by atoms with E-state index in [1.54, 1.807) is 5.01 Å². The van der Waals surface area contributed by atoms with Crippen LogP contribution in [-0.2, 0) is 12.6 Å². The molecule has 2 aromatic rings. The van der Waals surface area contributed by atoms with Gasteiger partial charge in [-0.3, -0.25) is 5.84 Å². The summed E-state index contributed by atoms with van der Waals surface area (Å²) >= 11 is 0. The Morgan fingerprint density at radius 3 is 2.33 bits per heavy atom. The molecule has 1 aliphatic heterocycles. The van der Waals surface area contributed by atoms with Gasteiger partial charge in [0.1, 0.15) is 5.82 Å². The summed E-state index contributed by atoms with van der Waals surface area (Å²) in [5.41, 5.74) is 0.277. The summed E-state index contributed by atoms with van der Waals surface area (Å²) in [4.78, 5) is 0. The molecule has 27 heavy (non-hydrogen) atoms. The van der Waals surface area contributed by atoms with Crippen molar-refractivity contribution in [3.8, 4) is 0 Å². The predicted octanol–water partition coefficient (Wildman–Crippen LogP) is 5.56. The Labute approximate surface area is 168 Å². The summed E-state index contributed by atoms with van der Waals surface area (Å²) in [5, 5.41) is 1.72. The Morgan fingerprint density at radius 2 is 1.70 bits per heavy atom. The van der Waals surface area contributed by atoms with Crippen LogP contribution in [0.25, 0.3) is 0 Å². The fourth-order valence-electron chi connectivity index (χ4n) is 3.62. The average Bonchev–Trinajstić information content (AvgIpc) is 2.57. The molecule has 1 saturated heterocycles. The predicted molar refractivity (Wildman–Crippen MR) is 102 cm³/mol. The van der Waals surface area contributed by atoms with Gasteiger partial charge in [-0.15, -0.1) is 24.8 Å². The van der Waals surface area contributed by atoms with Crippen LogP contribution < -0.4 is 5.84 Å². The fourth-order valence-corrected chi connectivity index (χ4v) is 3.62. The number of hydrogen-bond donors (Lipinski definition) is 1. The van der Waals surface area contributed by atoms with Crippen molar-refractivity contribution in [1.82, 2.24) is 5.01 Å². The van der Waals surface area contributed by atoms with E-state index in [0.29, 0.717) is 6.54 Å². The molecule has 1 fully saturated rings. The Hall–Kier alpha value is -1.34. The van der Waals surface area contributed by atoms with Crippen molar-refractivity contribution in [2.24, 2.45) is 11.8 Å². The molecule has 2 aromatic carbocycles. The quantitative estimate of drug-likeness (QED) is 0.516. The summed E-state index contributed by atoms with van der Waals surface area (Å²) in [6.07, 6.45) is -2.62. The highest BCUT2D eigenvalue weighted by Crippen LogP contribution is 2.37. The number of hydrazine groups is 1. The molecule has 1 heterocycles. The highest BCUT2D eigenvalue weighted by molar-refractivity contribution is 5.85. The highest BCUT2D eigenvalue weighted by Gasteiger charge is 2.34. The van der Waals surface area contributed by atoms with E-state index in [9.17, 15) is 17.6 Å². The van der Waals surface area contributed by atoms with Gasteiger partial charge in [-0.25, -0.2) is 9.40 Å². The van der Waals surface area contributed by atoms with E-state index in [1.165, 1.54) is 0 Å². The van der Waals surface area contributed by atoms with Crippen LogP contribution >= 0.6 is 24.8 Å². The minimum atomic E-state index is -4.48. The maximum Gasteiger partial charge on any atom is 0.416 e. The Balaban J connectivity index is 0.00000182. The normalized spacial score (nSPS) is 20.5. The van der Waals surface area contributed by atoms with Crippen molar-refractivity contribution in [2.45, 2.75) is 31.5 Å². The molecule has 0 spiro atoms. The van der Waals surface area contributed by atoms with E-state index in [1.807, 2.05) is 30.3 Å². The molecule has 0 bridgehead atoms. The van der Waals surface area contributed by atoms with Crippen LogP contribution in [0.3, 0.4) is 0 Å². The van der Waals surface area contributed by atoms with E-state index in [2.05, 4.69) is 0 Å². The second kappa shape index (κ2) is 9.73. The molecule has 0 amide bonds. The van der Waals surface area contributed by atoms with Gasteiger partial charge in [-0.2, -0.15) is 13.2 Å². The minimum Gasteiger partial charge on any atom is -0.268 e. The summed E-state index contributed by atoms with van der Waals surface area (Å²) in [6, 6.07) is 12.1. The second-order valence-corrected chi connectivity index (χ2v) is 6.50. The first-order valence-electron chi connectivity index (χ1n) is 8.28.